The number of nitrogens with zero attached hydrogens (tertiary/aromatic N) is 2. The Hall–Kier alpha value is -2.36. The van der Waals surface area contributed by atoms with Gasteiger partial charge in [-0.2, -0.15) is 8.78 Å². The third-order valence-corrected chi connectivity index (χ3v) is 7.44. The highest BCUT2D eigenvalue weighted by Gasteiger charge is 2.47. The quantitative estimate of drug-likeness (QED) is 0.574. The van der Waals surface area contributed by atoms with Crippen molar-refractivity contribution in [2.24, 2.45) is 5.41 Å². The number of hydrogen-bond donors (Lipinski definition) is 3. The van der Waals surface area contributed by atoms with Crippen molar-refractivity contribution in [1.29, 1.82) is 0 Å². The molecule has 1 spiro atoms. The second-order valence-electron chi connectivity index (χ2n) is 8.26. The molecule has 3 heterocycles. The molecule has 1 amide bonds. The summed E-state index contributed by atoms with van der Waals surface area (Å²) < 4.78 is 29.5. The average molecular weight is 432 g/mol. The number of fused-ring (bicyclic) bond motifs is 1. The van der Waals surface area contributed by atoms with E-state index in [0.29, 0.717) is 22.7 Å². The first kappa shape index (κ1) is 19.6. The molecule has 1 aromatic carbocycles. The van der Waals surface area contributed by atoms with Crippen LogP contribution in [0.5, 0.6) is 0 Å². The van der Waals surface area contributed by atoms with E-state index in [0.717, 1.165) is 43.4 Å². The molecule has 0 radical (unpaired) electrons. The summed E-state index contributed by atoms with van der Waals surface area (Å²) in [5.41, 5.74) is 2.07. The predicted molar refractivity (Wildman–Crippen MR) is 111 cm³/mol. The molecule has 2 aliphatic rings. The Morgan fingerprint density at radius 3 is 2.87 bits per heavy atom. The predicted octanol–water partition coefficient (Wildman–Crippen LogP) is 3.75. The molecule has 0 bridgehead atoms. The van der Waals surface area contributed by atoms with Crippen molar-refractivity contribution in [1.82, 2.24) is 14.9 Å². The number of imidazole rings is 1. The number of aromatic nitrogens is 2. The molecule has 1 saturated heterocycles. The van der Waals surface area contributed by atoms with Crippen LogP contribution in [-0.2, 0) is 5.92 Å². The maximum Gasteiger partial charge on any atom is 0.304 e. The number of carbonyl (C=O) groups excluding carboxylic acids is 1. The normalized spacial score (nSPS) is 23.8. The Morgan fingerprint density at radius 1 is 1.33 bits per heavy atom. The SMILES string of the molecule is O=C(Nc1nc2ccccc2n1C1CC2(CCNC2)C1)c1ccc(C(F)(F)CO)s1. The summed E-state index contributed by atoms with van der Waals surface area (Å²) in [5.74, 6) is -3.39. The number of anilines is 1. The average Bonchev–Trinajstić information content (AvgIpc) is 3.44. The minimum absolute atomic E-state index is 0.154. The van der Waals surface area contributed by atoms with Crippen molar-refractivity contribution in [3.05, 3.63) is 46.2 Å². The third kappa shape index (κ3) is 3.21. The molecule has 30 heavy (non-hydrogen) atoms. The first-order valence-electron chi connectivity index (χ1n) is 9.99. The fourth-order valence-corrected chi connectivity index (χ4v) is 5.53. The van der Waals surface area contributed by atoms with Gasteiger partial charge in [0.25, 0.3) is 5.91 Å². The number of alkyl halides is 2. The Bertz CT molecular complexity index is 1100. The van der Waals surface area contributed by atoms with Crippen LogP contribution < -0.4 is 10.6 Å². The highest BCUT2D eigenvalue weighted by molar-refractivity contribution is 7.14. The molecule has 1 saturated carbocycles. The Labute approximate surface area is 175 Å². The number of thiophene rings is 1. The van der Waals surface area contributed by atoms with E-state index >= 15 is 0 Å². The number of carbonyl (C=O) groups is 1. The molecule has 0 unspecified atom stereocenters. The van der Waals surface area contributed by atoms with Crippen LogP contribution in [0.25, 0.3) is 11.0 Å². The van der Waals surface area contributed by atoms with Gasteiger partial charge < -0.3 is 15.0 Å². The van der Waals surface area contributed by atoms with Gasteiger partial charge in [-0.15, -0.1) is 11.3 Å². The van der Waals surface area contributed by atoms with Crippen molar-refractivity contribution >= 4 is 34.2 Å². The molecule has 9 heteroatoms. The molecule has 6 nitrogen and oxygen atoms in total. The minimum Gasteiger partial charge on any atom is -0.390 e. The van der Waals surface area contributed by atoms with Gasteiger partial charge in [0.2, 0.25) is 5.95 Å². The van der Waals surface area contributed by atoms with Crippen LogP contribution in [0.3, 0.4) is 0 Å². The molecule has 3 N–H and O–H groups in total. The number of halogens is 2. The summed E-state index contributed by atoms with van der Waals surface area (Å²) in [6.45, 7) is 0.775. The summed E-state index contributed by atoms with van der Waals surface area (Å²) >= 11 is 0.681. The zero-order valence-electron chi connectivity index (χ0n) is 16.2. The van der Waals surface area contributed by atoms with Crippen molar-refractivity contribution in [2.75, 3.05) is 25.0 Å². The topological polar surface area (TPSA) is 79.2 Å². The molecule has 3 aromatic rings. The Balaban J connectivity index is 1.43. The van der Waals surface area contributed by atoms with Crippen LogP contribution in [0.4, 0.5) is 14.7 Å². The molecule has 2 fully saturated rings. The first-order valence-corrected chi connectivity index (χ1v) is 10.8. The van der Waals surface area contributed by atoms with Crippen molar-refractivity contribution in [3.8, 4) is 0 Å². The number of nitrogens with one attached hydrogen (secondary N) is 2. The fourth-order valence-electron chi connectivity index (χ4n) is 4.67. The van der Waals surface area contributed by atoms with Gasteiger partial charge in [-0.25, -0.2) is 4.98 Å². The molecule has 1 aliphatic heterocycles. The standard InChI is InChI=1S/C21H22F2N4O2S/c22-21(23,12-28)17-6-5-16(30-17)18(29)26-19-25-14-3-1-2-4-15(14)27(19)13-9-20(10-13)7-8-24-11-20/h1-6,13,24,28H,7-12H2,(H,25,26,29). The molecule has 0 atom stereocenters. The Kier molecular flexibility index (Phi) is 4.64. The maximum atomic E-state index is 13.7. The van der Waals surface area contributed by atoms with Gasteiger partial charge in [-0.1, -0.05) is 12.1 Å². The molecule has 158 valence electrons. The summed E-state index contributed by atoms with van der Waals surface area (Å²) in [6.07, 6.45) is 3.21. The van der Waals surface area contributed by atoms with Crippen LogP contribution in [0, 0.1) is 5.41 Å². The lowest BCUT2D eigenvalue weighted by molar-refractivity contribution is -0.0524. The van der Waals surface area contributed by atoms with E-state index < -0.39 is 18.4 Å². The first-order chi connectivity index (χ1) is 14.4. The molecule has 1 aliphatic carbocycles. The third-order valence-electron chi connectivity index (χ3n) is 6.24. The number of benzene rings is 1. The van der Waals surface area contributed by atoms with Crippen LogP contribution in [0.1, 0.15) is 39.9 Å². The zero-order valence-corrected chi connectivity index (χ0v) is 17.0. The highest BCUT2D eigenvalue weighted by atomic mass is 32.1. The van der Waals surface area contributed by atoms with Gasteiger partial charge in [-0.3, -0.25) is 10.1 Å². The summed E-state index contributed by atoms with van der Waals surface area (Å²) in [5, 5.41) is 15.1. The lowest BCUT2D eigenvalue weighted by Gasteiger charge is -2.46. The molecular weight excluding hydrogens is 410 g/mol. The fraction of sp³-hybridized carbons (Fsp3) is 0.429. The monoisotopic (exact) mass is 432 g/mol. The van der Waals surface area contributed by atoms with Gasteiger partial charge in [0.15, 0.2) is 0 Å². The smallest absolute Gasteiger partial charge is 0.304 e. The number of para-hydroxylation sites is 2. The number of aliphatic hydroxyl groups is 1. The minimum atomic E-state index is -3.36. The van der Waals surface area contributed by atoms with Crippen molar-refractivity contribution in [3.63, 3.8) is 0 Å². The van der Waals surface area contributed by atoms with E-state index in [1.165, 1.54) is 12.1 Å². The van der Waals surface area contributed by atoms with E-state index in [1.54, 1.807) is 0 Å². The van der Waals surface area contributed by atoms with Crippen molar-refractivity contribution in [2.45, 2.75) is 31.2 Å². The Morgan fingerprint density at radius 2 is 2.13 bits per heavy atom. The zero-order chi connectivity index (χ0) is 20.9. The lowest BCUT2D eigenvalue weighted by Crippen LogP contribution is -2.40. The van der Waals surface area contributed by atoms with Gasteiger partial charge in [0.1, 0.15) is 6.61 Å². The molecule has 5 rings (SSSR count). The van der Waals surface area contributed by atoms with E-state index in [4.69, 9.17) is 5.11 Å². The van der Waals surface area contributed by atoms with Gasteiger partial charge in [0.05, 0.1) is 20.8 Å². The van der Waals surface area contributed by atoms with Gasteiger partial charge >= 0.3 is 5.92 Å². The number of rotatable bonds is 5. The number of aliphatic hydroxyl groups excluding tert-OH is 1. The van der Waals surface area contributed by atoms with E-state index in [1.807, 2.05) is 24.3 Å². The highest BCUT2D eigenvalue weighted by Crippen LogP contribution is 2.53. The van der Waals surface area contributed by atoms with E-state index in [9.17, 15) is 13.6 Å². The van der Waals surface area contributed by atoms with Gasteiger partial charge in [0, 0.05) is 12.6 Å². The van der Waals surface area contributed by atoms with E-state index in [2.05, 4.69) is 20.2 Å². The second-order valence-corrected chi connectivity index (χ2v) is 9.35. The van der Waals surface area contributed by atoms with Crippen molar-refractivity contribution < 1.29 is 18.7 Å². The second kappa shape index (κ2) is 7.11. The number of amides is 1. The molecular formula is C21H22F2N4O2S. The number of hydrogen-bond acceptors (Lipinski definition) is 5. The molecule has 2 aromatic heterocycles. The largest absolute Gasteiger partial charge is 0.390 e. The van der Waals surface area contributed by atoms with Crippen LogP contribution in [-0.4, -0.2) is 40.3 Å². The summed E-state index contributed by atoms with van der Waals surface area (Å²) in [4.78, 5) is 17.2. The summed E-state index contributed by atoms with van der Waals surface area (Å²) in [7, 11) is 0. The van der Waals surface area contributed by atoms with Crippen LogP contribution in [0.2, 0.25) is 0 Å². The maximum absolute atomic E-state index is 13.7. The van der Waals surface area contributed by atoms with Crippen LogP contribution in [0.15, 0.2) is 36.4 Å². The van der Waals surface area contributed by atoms with Gasteiger partial charge in [-0.05, 0) is 55.5 Å². The lowest BCUT2D eigenvalue weighted by atomic mass is 9.65. The van der Waals surface area contributed by atoms with Crippen LogP contribution >= 0.6 is 11.3 Å². The summed E-state index contributed by atoms with van der Waals surface area (Å²) in [6, 6.07) is 10.5. The van der Waals surface area contributed by atoms with E-state index in [-0.39, 0.29) is 15.8 Å².